The van der Waals surface area contributed by atoms with Crippen LogP contribution in [-0.2, 0) is 20.9 Å². The van der Waals surface area contributed by atoms with Gasteiger partial charge >= 0.3 is 12.1 Å². The molecule has 0 fully saturated rings. The Balaban J connectivity index is 2.41. The van der Waals surface area contributed by atoms with Crippen LogP contribution in [0.15, 0.2) is 30.3 Å². The molecule has 0 spiro atoms. The number of ether oxygens (including phenoxy) is 2. The number of carbonyl (C=O) groups is 2. The van der Waals surface area contributed by atoms with Crippen molar-refractivity contribution in [2.45, 2.75) is 33.3 Å². The summed E-state index contributed by atoms with van der Waals surface area (Å²) in [5.74, 6) is 0.140. The Bertz CT molecular complexity index is 479. The molecule has 1 aromatic rings. The fourth-order valence-corrected chi connectivity index (χ4v) is 2.37. The highest BCUT2D eigenvalue weighted by molar-refractivity contribution is 6.17. The van der Waals surface area contributed by atoms with Gasteiger partial charge in [0, 0.05) is 6.54 Å². The Labute approximate surface area is 142 Å². The summed E-state index contributed by atoms with van der Waals surface area (Å²) in [4.78, 5) is 23.3. The van der Waals surface area contributed by atoms with E-state index in [4.69, 9.17) is 16.3 Å². The zero-order valence-corrected chi connectivity index (χ0v) is 14.3. The molecule has 0 saturated carbocycles. The van der Waals surface area contributed by atoms with Crippen LogP contribution in [0.2, 0.25) is 0 Å². The summed E-state index contributed by atoms with van der Waals surface area (Å²) in [6, 6.07) is 9.33. The highest BCUT2D eigenvalue weighted by Crippen LogP contribution is 2.16. The average Bonchev–Trinajstić information content (AvgIpc) is 2.51. The van der Waals surface area contributed by atoms with E-state index in [9.17, 15) is 9.59 Å². The Morgan fingerprint density at radius 3 is 2.48 bits per heavy atom. The first-order valence-electron chi connectivity index (χ1n) is 7.67. The van der Waals surface area contributed by atoms with Crippen molar-refractivity contribution in [3.63, 3.8) is 0 Å². The Hall–Kier alpha value is -1.75. The minimum Gasteiger partial charge on any atom is -0.461 e. The van der Waals surface area contributed by atoms with Crippen LogP contribution in [0.3, 0.4) is 0 Å². The molecule has 0 aliphatic heterocycles. The lowest BCUT2D eigenvalue weighted by molar-refractivity contribution is -0.146. The topological polar surface area (TPSA) is 64.6 Å². The molecule has 0 unspecified atom stereocenters. The van der Waals surface area contributed by atoms with Gasteiger partial charge in [-0.05, 0) is 23.8 Å². The van der Waals surface area contributed by atoms with Crippen molar-refractivity contribution in [3.05, 3.63) is 35.9 Å². The highest BCUT2D eigenvalue weighted by atomic mass is 35.5. The van der Waals surface area contributed by atoms with Crippen molar-refractivity contribution < 1.29 is 19.1 Å². The van der Waals surface area contributed by atoms with Gasteiger partial charge in [-0.15, -0.1) is 0 Å². The minimum atomic E-state index is -0.577. The average molecular weight is 342 g/mol. The molecule has 0 radical (unpaired) electrons. The van der Waals surface area contributed by atoms with E-state index in [1.54, 1.807) is 0 Å². The lowest BCUT2D eigenvalue weighted by Crippen LogP contribution is -2.31. The summed E-state index contributed by atoms with van der Waals surface area (Å²) in [6.45, 7) is 4.75. The molecule has 1 N–H and O–H groups in total. The normalized spacial score (nSPS) is 11.8. The summed E-state index contributed by atoms with van der Waals surface area (Å²) in [5, 5.41) is 2.61. The molecule has 1 aromatic carbocycles. The van der Waals surface area contributed by atoms with Crippen LogP contribution in [0.25, 0.3) is 0 Å². The van der Waals surface area contributed by atoms with Crippen LogP contribution >= 0.6 is 11.6 Å². The van der Waals surface area contributed by atoms with Gasteiger partial charge in [0.25, 0.3) is 0 Å². The summed E-state index contributed by atoms with van der Waals surface area (Å²) in [5.41, 5.74) is 0.949. The second-order valence-electron chi connectivity index (χ2n) is 5.77. The van der Waals surface area contributed by atoms with Gasteiger partial charge < -0.3 is 14.8 Å². The van der Waals surface area contributed by atoms with Crippen molar-refractivity contribution in [2.24, 2.45) is 11.8 Å². The molecule has 1 rings (SSSR count). The number of alkyl halides is 1. The Kier molecular flexibility index (Phi) is 9.14. The molecule has 6 heteroatoms. The van der Waals surface area contributed by atoms with E-state index in [2.05, 4.69) is 23.9 Å². The van der Waals surface area contributed by atoms with Crippen molar-refractivity contribution in [1.82, 2.24) is 5.32 Å². The first kappa shape index (κ1) is 19.3. The number of esters is 1. The largest absolute Gasteiger partial charge is 0.461 e. The van der Waals surface area contributed by atoms with Gasteiger partial charge in [-0.25, -0.2) is 4.79 Å². The number of amides is 1. The van der Waals surface area contributed by atoms with Crippen LogP contribution < -0.4 is 5.32 Å². The predicted octanol–water partition coefficient (Wildman–Crippen LogP) is 3.70. The van der Waals surface area contributed by atoms with Crippen molar-refractivity contribution in [1.29, 1.82) is 0 Å². The molecule has 0 heterocycles. The van der Waals surface area contributed by atoms with Gasteiger partial charge in [0.05, 0.1) is 6.42 Å². The van der Waals surface area contributed by atoms with E-state index >= 15 is 0 Å². The van der Waals surface area contributed by atoms with Crippen molar-refractivity contribution in [2.75, 3.05) is 12.6 Å². The molecular weight excluding hydrogens is 318 g/mol. The fraction of sp³-hybridized carbons (Fsp3) is 0.529. The first-order chi connectivity index (χ1) is 11.0. The summed E-state index contributed by atoms with van der Waals surface area (Å²) in [6.07, 6.45) is 0.486. The van der Waals surface area contributed by atoms with Gasteiger partial charge in [0.2, 0.25) is 0 Å². The highest BCUT2D eigenvalue weighted by Gasteiger charge is 2.18. The minimum absolute atomic E-state index is 0.00106. The molecule has 0 saturated heterocycles. The van der Waals surface area contributed by atoms with Crippen molar-refractivity contribution >= 4 is 23.7 Å². The Morgan fingerprint density at radius 1 is 1.17 bits per heavy atom. The molecule has 0 aliphatic rings. The van der Waals surface area contributed by atoms with E-state index in [0.717, 1.165) is 12.0 Å². The standard InChI is InChI=1S/C17H24ClNO4/c1-13(2)8-15(10-19-17(21)23-12-18)9-16(20)22-11-14-6-4-3-5-7-14/h3-7,13,15H,8-12H2,1-2H3,(H,19,21)/t15-/m0/s1. The molecule has 0 bridgehead atoms. The monoisotopic (exact) mass is 341 g/mol. The van der Waals surface area contributed by atoms with Crippen molar-refractivity contribution in [3.8, 4) is 0 Å². The maximum absolute atomic E-state index is 12.0. The van der Waals surface area contributed by atoms with Crippen LogP contribution in [0.5, 0.6) is 0 Å². The summed E-state index contributed by atoms with van der Waals surface area (Å²) in [7, 11) is 0. The molecule has 1 amide bonds. The zero-order valence-electron chi connectivity index (χ0n) is 13.6. The molecule has 1 atom stereocenters. The van der Waals surface area contributed by atoms with Gasteiger partial charge in [0.15, 0.2) is 6.07 Å². The summed E-state index contributed by atoms with van der Waals surface area (Å²) < 4.78 is 9.90. The molecular formula is C17H24ClNO4. The summed E-state index contributed by atoms with van der Waals surface area (Å²) >= 11 is 5.32. The SMILES string of the molecule is CC(C)C[C@H](CNC(=O)OCCl)CC(=O)OCc1ccccc1. The number of rotatable bonds is 9. The van der Waals surface area contributed by atoms with E-state index in [0.29, 0.717) is 12.5 Å². The first-order valence-corrected chi connectivity index (χ1v) is 8.20. The molecule has 0 aromatic heterocycles. The van der Waals surface area contributed by atoms with E-state index in [-0.39, 0.29) is 31.0 Å². The third-order valence-corrected chi connectivity index (χ3v) is 3.33. The third kappa shape index (κ3) is 9.08. The van der Waals surface area contributed by atoms with E-state index in [1.165, 1.54) is 0 Å². The smallest absolute Gasteiger partial charge is 0.408 e. The van der Waals surface area contributed by atoms with Gasteiger partial charge in [-0.1, -0.05) is 55.8 Å². The number of carbonyl (C=O) groups excluding carboxylic acids is 2. The van der Waals surface area contributed by atoms with Crippen LogP contribution in [0.1, 0.15) is 32.3 Å². The fourth-order valence-electron chi connectivity index (χ4n) is 2.27. The number of alkyl carbamates (subject to hydrolysis) is 1. The quantitative estimate of drug-likeness (QED) is 0.549. The van der Waals surface area contributed by atoms with Crippen LogP contribution in [0.4, 0.5) is 4.79 Å². The Morgan fingerprint density at radius 2 is 1.87 bits per heavy atom. The lowest BCUT2D eigenvalue weighted by Gasteiger charge is -2.18. The third-order valence-electron chi connectivity index (χ3n) is 3.22. The predicted molar refractivity (Wildman–Crippen MR) is 89.0 cm³/mol. The van der Waals surface area contributed by atoms with Crippen LogP contribution in [0, 0.1) is 11.8 Å². The maximum atomic E-state index is 12.0. The van der Waals surface area contributed by atoms with Gasteiger partial charge in [-0.3, -0.25) is 4.79 Å². The zero-order chi connectivity index (χ0) is 17.1. The number of hydrogen-bond acceptors (Lipinski definition) is 4. The molecule has 128 valence electrons. The second-order valence-corrected chi connectivity index (χ2v) is 5.99. The molecule has 0 aliphatic carbocycles. The van der Waals surface area contributed by atoms with Gasteiger partial charge in [-0.2, -0.15) is 0 Å². The van der Waals surface area contributed by atoms with Crippen LogP contribution in [-0.4, -0.2) is 24.7 Å². The lowest BCUT2D eigenvalue weighted by atomic mass is 9.94. The second kappa shape index (κ2) is 10.9. The number of halogens is 1. The number of hydrogen-bond donors (Lipinski definition) is 1. The maximum Gasteiger partial charge on any atom is 0.408 e. The number of benzene rings is 1. The molecule has 5 nitrogen and oxygen atoms in total. The van der Waals surface area contributed by atoms with E-state index in [1.807, 2.05) is 30.3 Å². The van der Waals surface area contributed by atoms with Gasteiger partial charge in [0.1, 0.15) is 6.61 Å². The van der Waals surface area contributed by atoms with E-state index < -0.39 is 6.09 Å². The number of nitrogens with one attached hydrogen (secondary N) is 1. The molecule has 23 heavy (non-hydrogen) atoms.